The molecule has 1 heterocycles. The van der Waals surface area contributed by atoms with E-state index < -0.39 is 5.69 Å². The molecule has 0 radical (unpaired) electrons. The molecule has 0 aliphatic rings. The van der Waals surface area contributed by atoms with Crippen molar-refractivity contribution in [1.82, 2.24) is 9.97 Å². The maximum atomic E-state index is 11.3. The van der Waals surface area contributed by atoms with Gasteiger partial charge in [0.1, 0.15) is 5.75 Å². The summed E-state index contributed by atoms with van der Waals surface area (Å²) in [7, 11) is 1.59. The van der Waals surface area contributed by atoms with Crippen LogP contribution in [0.4, 0.5) is 0 Å². The first kappa shape index (κ1) is 11.3. The average molecular weight is 231 g/mol. The van der Waals surface area contributed by atoms with Crippen molar-refractivity contribution in [3.05, 3.63) is 46.5 Å². The molecular weight excluding hydrogens is 218 g/mol. The quantitative estimate of drug-likeness (QED) is 0.822. The molecule has 0 saturated carbocycles. The molecule has 0 aliphatic carbocycles. The first-order chi connectivity index (χ1) is 8.22. The highest BCUT2D eigenvalue weighted by molar-refractivity contribution is 5.61. The summed E-state index contributed by atoms with van der Waals surface area (Å²) >= 11 is 0. The lowest BCUT2D eigenvalue weighted by Gasteiger charge is -2.05. The highest BCUT2D eigenvalue weighted by Gasteiger charge is 2.04. The molecule has 0 atom stereocenters. The SMILES string of the molecule is COc1cccc(-c2cc(CN)[nH]c(=O)n2)c1. The van der Waals surface area contributed by atoms with Crippen LogP contribution in [0.25, 0.3) is 11.3 Å². The van der Waals surface area contributed by atoms with E-state index in [4.69, 9.17) is 10.5 Å². The van der Waals surface area contributed by atoms with Crippen molar-refractivity contribution in [3.8, 4) is 17.0 Å². The van der Waals surface area contributed by atoms with Gasteiger partial charge in [-0.05, 0) is 18.2 Å². The fourth-order valence-corrected chi connectivity index (χ4v) is 1.55. The van der Waals surface area contributed by atoms with Crippen LogP contribution in [0, 0.1) is 0 Å². The second kappa shape index (κ2) is 4.80. The summed E-state index contributed by atoms with van der Waals surface area (Å²) in [4.78, 5) is 17.8. The molecule has 0 bridgehead atoms. The third-order valence-electron chi connectivity index (χ3n) is 2.39. The topological polar surface area (TPSA) is 81.0 Å². The van der Waals surface area contributed by atoms with Crippen LogP contribution in [-0.2, 0) is 6.54 Å². The van der Waals surface area contributed by atoms with Crippen LogP contribution in [0.1, 0.15) is 5.69 Å². The number of aromatic nitrogens is 2. The van der Waals surface area contributed by atoms with Gasteiger partial charge >= 0.3 is 5.69 Å². The first-order valence-corrected chi connectivity index (χ1v) is 5.17. The molecule has 1 aromatic heterocycles. The van der Waals surface area contributed by atoms with Crippen LogP contribution in [0.15, 0.2) is 35.1 Å². The number of rotatable bonds is 3. The highest BCUT2D eigenvalue weighted by atomic mass is 16.5. The number of ether oxygens (including phenoxy) is 1. The van der Waals surface area contributed by atoms with E-state index in [0.717, 1.165) is 11.3 Å². The van der Waals surface area contributed by atoms with E-state index in [1.807, 2.05) is 24.3 Å². The molecule has 0 fully saturated rings. The van der Waals surface area contributed by atoms with Crippen LogP contribution >= 0.6 is 0 Å². The monoisotopic (exact) mass is 231 g/mol. The van der Waals surface area contributed by atoms with E-state index in [1.165, 1.54) is 0 Å². The maximum absolute atomic E-state index is 11.3. The zero-order valence-corrected chi connectivity index (χ0v) is 9.43. The van der Waals surface area contributed by atoms with Gasteiger partial charge in [-0.25, -0.2) is 4.79 Å². The Bertz CT molecular complexity index is 578. The minimum atomic E-state index is -0.397. The van der Waals surface area contributed by atoms with Gasteiger partial charge < -0.3 is 15.5 Å². The molecule has 0 aliphatic heterocycles. The normalized spacial score (nSPS) is 10.2. The van der Waals surface area contributed by atoms with Gasteiger partial charge in [0.25, 0.3) is 0 Å². The third kappa shape index (κ3) is 2.51. The Kier molecular flexibility index (Phi) is 3.20. The fraction of sp³-hybridized carbons (Fsp3) is 0.167. The summed E-state index contributed by atoms with van der Waals surface area (Å²) in [5.74, 6) is 0.721. The van der Waals surface area contributed by atoms with Crippen LogP contribution in [0.5, 0.6) is 5.75 Å². The molecule has 2 aromatic rings. The summed E-state index contributed by atoms with van der Waals surface area (Å²) in [5.41, 5.74) is 7.17. The number of nitrogens with zero attached hydrogens (tertiary/aromatic N) is 1. The van der Waals surface area contributed by atoms with Crippen molar-refractivity contribution in [2.75, 3.05) is 7.11 Å². The number of methoxy groups -OCH3 is 1. The molecule has 0 unspecified atom stereocenters. The van der Waals surface area contributed by atoms with Gasteiger partial charge in [0, 0.05) is 17.8 Å². The predicted octanol–water partition coefficient (Wildman–Crippen LogP) is 0.904. The van der Waals surface area contributed by atoms with E-state index in [0.29, 0.717) is 11.4 Å². The number of nitrogens with one attached hydrogen (secondary N) is 1. The molecule has 0 spiro atoms. The van der Waals surface area contributed by atoms with Gasteiger partial charge in [-0.1, -0.05) is 12.1 Å². The lowest BCUT2D eigenvalue weighted by Crippen LogP contribution is -2.15. The average Bonchev–Trinajstić information content (AvgIpc) is 2.38. The second-order valence-corrected chi connectivity index (χ2v) is 3.53. The van der Waals surface area contributed by atoms with Gasteiger partial charge in [-0.15, -0.1) is 0 Å². The number of hydrogen-bond donors (Lipinski definition) is 2. The Hall–Kier alpha value is -2.14. The largest absolute Gasteiger partial charge is 0.497 e. The highest BCUT2D eigenvalue weighted by Crippen LogP contribution is 2.21. The first-order valence-electron chi connectivity index (χ1n) is 5.17. The van der Waals surface area contributed by atoms with Crippen molar-refractivity contribution < 1.29 is 4.74 Å². The Labute approximate surface area is 98.3 Å². The zero-order valence-electron chi connectivity index (χ0n) is 9.43. The lowest BCUT2D eigenvalue weighted by atomic mass is 10.1. The number of hydrogen-bond acceptors (Lipinski definition) is 4. The van der Waals surface area contributed by atoms with Gasteiger partial charge in [0.05, 0.1) is 12.8 Å². The number of nitrogens with two attached hydrogens (primary N) is 1. The fourth-order valence-electron chi connectivity index (χ4n) is 1.55. The van der Waals surface area contributed by atoms with E-state index in [2.05, 4.69) is 9.97 Å². The Balaban J connectivity index is 2.51. The van der Waals surface area contributed by atoms with E-state index in [9.17, 15) is 4.79 Å². The minimum absolute atomic E-state index is 0.273. The van der Waals surface area contributed by atoms with Gasteiger partial charge in [0.15, 0.2) is 0 Å². The number of H-pyrrole nitrogens is 1. The third-order valence-corrected chi connectivity index (χ3v) is 2.39. The smallest absolute Gasteiger partial charge is 0.345 e. The van der Waals surface area contributed by atoms with E-state index in [-0.39, 0.29) is 6.54 Å². The molecule has 88 valence electrons. The molecular formula is C12H13N3O2. The van der Waals surface area contributed by atoms with Gasteiger partial charge in [-0.3, -0.25) is 0 Å². The molecule has 0 saturated heterocycles. The van der Waals surface area contributed by atoms with Crippen molar-refractivity contribution >= 4 is 0 Å². The lowest BCUT2D eigenvalue weighted by molar-refractivity contribution is 0.415. The molecule has 17 heavy (non-hydrogen) atoms. The van der Waals surface area contributed by atoms with Crippen LogP contribution < -0.4 is 16.2 Å². The maximum Gasteiger partial charge on any atom is 0.345 e. The Morgan fingerprint density at radius 2 is 2.24 bits per heavy atom. The van der Waals surface area contributed by atoms with Gasteiger partial charge in [-0.2, -0.15) is 4.98 Å². The number of aromatic amines is 1. The Morgan fingerprint density at radius 1 is 1.41 bits per heavy atom. The molecule has 1 aromatic carbocycles. The number of benzene rings is 1. The summed E-state index contributed by atoms with van der Waals surface area (Å²) < 4.78 is 5.12. The molecule has 0 amide bonds. The predicted molar refractivity (Wildman–Crippen MR) is 64.7 cm³/mol. The standard InChI is InChI=1S/C12H13N3O2/c1-17-10-4-2-3-8(5-10)11-6-9(7-13)14-12(16)15-11/h2-6H,7,13H2,1H3,(H,14,15,16). The molecule has 2 rings (SSSR count). The minimum Gasteiger partial charge on any atom is -0.497 e. The summed E-state index contributed by atoms with van der Waals surface area (Å²) in [5, 5.41) is 0. The molecule has 5 heteroatoms. The van der Waals surface area contributed by atoms with Crippen LogP contribution in [0.3, 0.4) is 0 Å². The van der Waals surface area contributed by atoms with Crippen molar-refractivity contribution in [2.45, 2.75) is 6.54 Å². The second-order valence-electron chi connectivity index (χ2n) is 3.53. The van der Waals surface area contributed by atoms with Crippen molar-refractivity contribution in [1.29, 1.82) is 0 Å². The molecule has 3 N–H and O–H groups in total. The van der Waals surface area contributed by atoms with Crippen LogP contribution in [-0.4, -0.2) is 17.1 Å². The zero-order chi connectivity index (χ0) is 12.3. The van der Waals surface area contributed by atoms with E-state index in [1.54, 1.807) is 13.2 Å². The summed E-state index contributed by atoms with van der Waals surface area (Å²) in [6.45, 7) is 0.273. The Morgan fingerprint density at radius 3 is 2.94 bits per heavy atom. The van der Waals surface area contributed by atoms with Crippen LogP contribution in [0.2, 0.25) is 0 Å². The summed E-state index contributed by atoms with van der Waals surface area (Å²) in [6, 6.07) is 9.13. The van der Waals surface area contributed by atoms with Crippen molar-refractivity contribution in [3.63, 3.8) is 0 Å². The van der Waals surface area contributed by atoms with E-state index >= 15 is 0 Å². The van der Waals surface area contributed by atoms with Gasteiger partial charge in [0.2, 0.25) is 0 Å². The van der Waals surface area contributed by atoms with Crippen molar-refractivity contribution in [2.24, 2.45) is 5.73 Å². The summed E-state index contributed by atoms with van der Waals surface area (Å²) in [6.07, 6.45) is 0. The molecule has 5 nitrogen and oxygen atoms in total.